The first-order valence-electron chi connectivity index (χ1n) is 9.20. The molecule has 121 valence electrons. The summed E-state index contributed by atoms with van der Waals surface area (Å²) in [6, 6.07) is 0. The fourth-order valence-electron chi connectivity index (χ4n) is 2.72. The summed E-state index contributed by atoms with van der Waals surface area (Å²) in [4.78, 5) is 0. The summed E-state index contributed by atoms with van der Waals surface area (Å²) in [5.41, 5.74) is 0. The zero-order chi connectivity index (χ0) is 14.9. The minimum Gasteiger partial charge on any atom is -0.248 e. The lowest BCUT2D eigenvalue weighted by atomic mass is 10.0. The molecular formula is C19H38F. The van der Waals surface area contributed by atoms with Gasteiger partial charge in [0.2, 0.25) is 0 Å². The SMILES string of the molecule is [CH2]CCCCCCCCCCCCCCCCC(C)F. The highest BCUT2D eigenvalue weighted by atomic mass is 19.1. The van der Waals surface area contributed by atoms with Gasteiger partial charge in [-0.1, -0.05) is 103 Å². The van der Waals surface area contributed by atoms with Crippen LogP contribution in [-0.2, 0) is 0 Å². The van der Waals surface area contributed by atoms with Gasteiger partial charge in [0.1, 0.15) is 0 Å². The van der Waals surface area contributed by atoms with E-state index in [-0.39, 0.29) is 0 Å². The topological polar surface area (TPSA) is 0 Å². The van der Waals surface area contributed by atoms with Crippen LogP contribution in [0.4, 0.5) is 4.39 Å². The highest BCUT2D eigenvalue weighted by Crippen LogP contribution is 2.14. The molecule has 20 heavy (non-hydrogen) atoms. The lowest BCUT2D eigenvalue weighted by molar-refractivity contribution is 0.329. The lowest BCUT2D eigenvalue weighted by Gasteiger charge is -2.04. The Labute approximate surface area is 127 Å². The lowest BCUT2D eigenvalue weighted by Crippen LogP contribution is -1.91. The molecule has 0 spiro atoms. The predicted molar refractivity (Wildman–Crippen MR) is 89.8 cm³/mol. The largest absolute Gasteiger partial charge is 0.248 e. The van der Waals surface area contributed by atoms with Crippen LogP contribution in [0.5, 0.6) is 0 Å². The third-order valence-electron chi connectivity index (χ3n) is 4.10. The Morgan fingerprint density at radius 1 is 0.600 bits per heavy atom. The molecule has 0 nitrogen and oxygen atoms in total. The van der Waals surface area contributed by atoms with E-state index < -0.39 is 6.17 Å². The van der Waals surface area contributed by atoms with Crippen molar-refractivity contribution in [2.45, 2.75) is 116 Å². The smallest absolute Gasteiger partial charge is 0.0973 e. The molecule has 0 aromatic rings. The molecule has 1 radical (unpaired) electrons. The maximum Gasteiger partial charge on any atom is 0.0973 e. The van der Waals surface area contributed by atoms with Gasteiger partial charge in [0, 0.05) is 0 Å². The van der Waals surface area contributed by atoms with Crippen LogP contribution in [0.1, 0.15) is 110 Å². The minimum atomic E-state index is -0.603. The van der Waals surface area contributed by atoms with E-state index in [4.69, 9.17) is 0 Å². The van der Waals surface area contributed by atoms with Crippen molar-refractivity contribution in [1.82, 2.24) is 0 Å². The van der Waals surface area contributed by atoms with E-state index in [1.165, 1.54) is 83.5 Å². The van der Waals surface area contributed by atoms with Crippen molar-refractivity contribution in [2.24, 2.45) is 0 Å². The van der Waals surface area contributed by atoms with Gasteiger partial charge >= 0.3 is 0 Å². The summed E-state index contributed by atoms with van der Waals surface area (Å²) in [6.07, 6.45) is 20.2. The van der Waals surface area contributed by atoms with Gasteiger partial charge in [-0.2, -0.15) is 0 Å². The van der Waals surface area contributed by atoms with Crippen molar-refractivity contribution >= 4 is 0 Å². The van der Waals surface area contributed by atoms with E-state index >= 15 is 0 Å². The van der Waals surface area contributed by atoms with Crippen molar-refractivity contribution < 1.29 is 4.39 Å². The Morgan fingerprint density at radius 2 is 0.900 bits per heavy atom. The summed E-state index contributed by atoms with van der Waals surface area (Å²) in [5, 5.41) is 0. The van der Waals surface area contributed by atoms with Gasteiger partial charge in [-0.25, -0.2) is 4.39 Å². The molecule has 0 amide bonds. The van der Waals surface area contributed by atoms with Crippen LogP contribution in [0.15, 0.2) is 0 Å². The average molecular weight is 286 g/mol. The van der Waals surface area contributed by atoms with E-state index in [1.54, 1.807) is 6.92 Å². The first-order chi connectivity index (χ1) is 9.77. The molecule has 0 aliphatic carbocycles. The molecule has 0 aromatic carbocycles. The second-order valence-corrected chi connectivity index (χ2v) is 6.37. The summed E-state index contributed by atoms with van der Waals surface area (Å²) < 4.78 is 12.6. The Morgan fingerprint density at radius 3 is 1.20 bits per heavy atom. The minimum absolute atomic E-state index is 0.603. The molecule has 0 aromatic heterocycles. The van der Waals surface area contributed by atoms with E-state index in [2.05, 4.69) is 6.92 Å². The Bertz CT molecular complexity index is 165. The highest BCUT2D eigenvalue weighted by Gasteiger charge is 1.97. The average Bonchev–Trinajstić information content (AvgIpc) is 2.43. The van der Waals surface area contributed by atoms with Crippen LogP contribution >= 0.6 is 0 Å². The normalized spacial score (nSPS) is 12.8. The van der Waals surface area contributed by atoms with Crippen LogP contribution in [0.3, 0.4) is 0 Å². The molecule has 0 N–H and O–H groups in total. The third kappa shape index (κ3) is 17.9. The predicted octanol–water partition coefficient (Wildman–Crippen LogP) is 7.42. The Hall–Kier alpha value is -0.0700. The van der Waals surface area contributed by atoms with Gasteiger partial charge in [-0.05, 0) is 13.3 Å². The maximum atomic E-state index is 12.6. The highest BCUT2D eigenvalue weighted by molar-refractivity contribution is 4.51. The van der Waals surface area contributed by atoms with Crippen LogP contribution in [0.2, 0.25) is 0 Å². The van der Waals surface area contributed by atoms with Crippen molar-refractivity contribution in [3.8, 4) is 0 Å². The molecule has 1 atom stereocenters. The maximum absolute atomic E-state index is 12.6. The molecule has 0 aliphatic rings. The van der Waals surface area contributed by atoms with Crippen molar-refractivity contribution in [1.29, 1.82) is 0 Å². The monoisotopic (exact) mass is 285 g/mol. The van der Waals surface area contributed by atoms with E-state index in [0.717, 1.165) is 19.3 Å². The number of hydrogen-bond donors (Lipinski definition) is 0. The van der Waals surface area contributed by atoms with Crippen molar-refractivity contribution in [3.05, 3.63) is 6.92 Å². The second kappa shape index (κ2) is 17.0. The van der Waals surface area contributed by atoms with Gasteiger partial charge in [-0.3, -0.25) is 0 Å². The molecule has 0 rings (SSSR count). The second-order valence-electron chi connectivity index (χ2n) is 6.37. The van der Waals surface area contributed by atoms with E-state index in [9.17, 15) is 4.39 Å². The van der Waals surface area contributed by atoms with Gasteiger partial charge < -0.3 is 0 Å². The molecule has 0 bridgehead atoms. The van der Waals surface area contributed by atoms with Crippen LogP contribution < -0.4 is 0 Å². The summed E-state index contributed by atoms with van der Waals surface area (Å²) in [7, 11) is 0. The molecular weight excluding hydrogens is 247 g/mol. The zero-order valence-corrected chi connectivity index (χ0v) is 14.0. The molecule has 0 saturated carbocycles. The first kappa shape index (κ1) is 19.9. The van der Waals surface area contributed by atoms with E-state index in [0.29, 0.717) is 0 Å². The Balaban J connectivity index is 2.92. The zero-order valence-electron chi connectivity index (χ0n) is 14.0. The Kier molecular flexibility index (Phi) is 16.9. The molecule has 1 unspecified atom stereocenters. The van der Waals surface area contributed by atoms with Gasteiger partial charge in [-0.15, -0.1) is 0 Å². The number of unbranched alkanes of at least 4 members (excludes halogenated alkanes) is 14. The third-order valence-corrected chi connectivity index (χ3v) is 4.10. The van der Waals surface area contributed by atoms with Gasteiger partial charge in [0.15, 0.2) is 0 Å². The summed E-state index contributed by atoms with van der Waals surface area (Å²) in [5.74, 6) is 0. The molecule has 0 heterocycles. The molecule has 0 aliphatic heterocycles. The molecule has 1 heteroatoms. The fraction of sp³-hybridized carbons (Fsp3) is 0.947. The van der Waals surface area contributed by atoms with E-state index in [1.807, 2.05) is 0 Å². The van der Waals surface area contributed by atoms with Gasteiger partial charge in [0.05, 0.1) is 6.17 Å². The number of alkyl halides is 1. The summed E-state index contributed by atoms with van der Waals surface area (Å²) in [6.45, 7) is 5.54. The first-order valence-corrected chi connectivity index (χ1v) is 9.20. The fourth-order valence-corrected chi connectivity index (χ4v) is 2.72. The number of rotatable bonds is 16. The summed E-state index contributed by atoms with van der Waals surface area (Å²) >= 11 is 0. The number of halogens is 1. The van der Waals surface area contributed by atoms with Crippen molar-refractivity contribution in [2.75, 3.05) is 0 Å². The molecule has 0 saturated heterocycles. The standard InChI is InChI=1S/C19H38F/c1-3-4-5-6-7-8-9-10-11-12-13-14-15-16-17-18-19(2)20/h19H,1,3-18H2,2H3. The van der Waals surface area contributed by atoms with Crippen LogP contribution in [0.25, 0.3) is 0 Å². The van der Waals surface area contributed by atoms with Crippen LogP contribution in [-0.4, -0.2) is 6.17 Å². The van der Waals surface area contributed by atoms with Crippen LogP contribution in [0, 0.1) is 6.92 Å². The molecule has 0 fully saturated rings. The van der Waals surface area contributed by atoms with Crippen molar-refractivity contribution in [3.63, 3.8) is 0 Å². The van der Waals surface area contributed by atoms with Gasteiger partial charge in [0.25, 0.3) is 0 Å². The number of hydrogen-bond acceptors (Lipinski definition) is 0. The quantitative estimate of drug-likeness (QED) is 0.259.